The molecular formula is C19H14N2O3S2. The number of rotatable bonds is 2. The molecule has 0 unspecified atom stereocenters. The highest BCUT2D eigenvalue weighted by Crippen LogP contribution is 2.44. The van der Waals surface area contributed by atoms with Gasteiger partial charge >= 0.3 is 0 Å². The highest BCUT2D eigenvalue weighted by molar-refractivity contribution is 7.98. The topological polar surface area (TPSA) is 60.5 Å². The van der Waals surface area contributed by atoms with Crippen molar-refractivity contribution >= 4 is 34.1 Å². The van der Waals surface area contributed by atoms with E-state index in [1.54, 1.807) is 17.8 Å². The van der Waals surface area contributed by atoms with E-state index in [4.69, 9.17) is 9.47 Å². The van der Waals surface area contributed by atoms with E-state index in [0.717, 1.165) is 17.0 Å². The van der Waals surface area contributed by atoms with Gasteiger partial charge in [0.1, 0.15) is 6.61 Å². The van der Waals surface area contributed by atoms with Crippen molar-refractivity contribution in [3.63, 3.8) is 0 Å². The third-order valence-electron chi connectivity index (χ3n) is 4.23. The smallest absolute Gasteiger partial charge is 0.270 e. The first kappa shape index (κ1) is 15.7. The molecule has 0 saturated heterocycles. The van der Waals surface area contributed by atoms with Crippen LogP contribution in [0.15, 0.2) is 53.4 Å². The number of benzene rings is 2. The summed E-state index contributed by atoms with van der Waals surface area (Å²) < 4.78 is 11.4. The van der Waals surface area contributed by atoms with Crippen molar-refractivity contribution in [2.24, 2.45) is 0 Å². The fourth-order valence-electron chi connectivity index (χ4n) is 2.98. The van der Waals surface area contributed by atoms with Gasteiger partial charge in [0.25, 0.3) is 5.91 Å². The molecule has 26 heavy (non-hydrogen) atoms. The van der Waals surface area contributed by atoms with E-state index in [2.05, 4.69) is 22.4 Å². The minimum atomic E-state index is -0.688. The van der Waals surface area contributed by atoms with Gasteiger partial charge in [0.2, 0.25) is 6.10 Å². The van der Waals surface area contributed by atoms with Crippen LogP contribution in [-0.2, 0) is 10.5 Å². The number of hydrogen-bond acceptors (Lipinski definition) is 6. The molecule has 5 nitrogen and oxygen atoms in total. The monoisotopic (exact) mass is 382 g/mol. The molecule has 7 heteroatoms. The summed E-state index contributed by atoms with van der Waals surface area (Å²) >= 11 is 3.31. The summed E-state index contributed by atoms with van der Waals surface area (Å²) in [6.07, 6.45) is -0.688. The average molecular weight is 382 g/mol. The molecule has 1 atom stereocenters. The highest BCUT2D eigenvalue weighted by Gasteiger charge is 2.29. The zero-order chi connectivity index (χ0) is 17.5. The normalized spacial score (nSPS) is 17.2. The third-order valence-corrected chi connectivity index (χ3v) is 6.48. The number of aromatic nitrogens is 1. The number of hydrogen-bond donors (Lipinski definition) is 1. The zero-order valence-electron chi connectivity index (χ0n) is 13.6. The molecule has 2 aliphatic rings. The van der Waals surface area contributed by atoms with Gasteiger partial charge in [0, 0.05) is 21.1 Å². The summed E-state index contributed by atoms with van der Waals surface area (Å²) in [4.78, 5) is 19.6. The lowest BCUT2D eigenvalue weighted by molar-refractivity contribution is -0.125. The summed E-state index contributed by atoms with van der Waals surface area (Å²) in [7, 11) is 0. The summed E-state index contributed by atoms with van der Waals surface area (Å²) in [5, 5.41) is 3.48. The fourth-order valence-corrected chi connectivity index (χ4v) is 5.08. The van der Waals surface area contributed by atoms with Crippen molar-refractivity contribution in [2.45, 2.75) is 16.8 Å². The lowest BCUT2D eigenvalue weighted by Gasteiger charge is -2.25. The molecule has 0 fully saturated rings. The Morgan fingerprint density at radius 3 is 2.85 bits per heavy atom. The maximum absolute atomic E-state index is 12.6. The van der Waals surface area contributed by atoms with Gasteiger partial charge in [-0.25, -0.2) is 4.98 Å². The van der Waals surface area contributed by atoms with Crippen molar-refractivity contribution in [1.29, 1.82) is 0 Å². The quantitative estimate of drug-likeness (QED) is 0.720. The predicted octanol–water partition coefficient (Wildman–Crippen LogP) is 4.19. The van der Waals surface area contributed by atoms with E-state index in [0.29, 0.717) is 16.6 Å². The average Bonchev–Trinajstić information content (AvgIpc) is 3.10. The minimum absolute atomic E-state index is 0.187. The molecule has 1 amide bonds. The van der Waals surface area contributed by atoms with Crippen LogP contribution in [-0.4, -0.2) is 23.6 Å². The van der Waals surface area contributed by atoms with Gasteiger partial charge in [0.05, 0.1) is 5.69 Å². The Labute approximate surface area is 158 Å². The first-order chi connectivity index (χ1) is 12.8. The van der Waals surface area contributed by atoms with Crippen LogP contribution in [0.2, 0.25) is 0 Å². The number of nitrogens with one attached hydrogen (secondary N) is 1. The predicted molar refractivity (Wildman–Crippen MR) is 102 cm³/mol. The van der Waals surface area contributed by atoms with Crippen molar-refractivity contribution in [3.8, 4) is 22.8 Å². The van der Waals surface area contributed by atoms with Crippen LogP contribution in [0, 0.1) is 0 Å². The molecule has 3 aromatic rings. The first-order valence-electron chi connectivity index (χ1n) is 8.19. The molecular weight excluding hydrogens is 368 g/mol. The van der Waals surface area contributed by atoms with Crippen LogP contribution in [0.1, 0.15) is 4.88 Å². The SMILES string of the molecule is O=C(Nc1nc2c(s1)CSc1ccccc1-2)[C@H]1COc2ccccc2O1. The van der Waals surface area contributed by atoms with E-state index >= 15 is 0 Å². The molecule has 5 rings (SSSR count). The number of thioether (sulfide) groups is 1. The van der Waals surface area contributed by atoms with Crippen molar-refractivity contribution in [2.75, 3.05) is 11.9 Å². The van der Waals surface area contributed by atoms with Crippen LogP contribution in [0.25, 0.3) is 11.3 Å². The molecule has 0 saturated carbocycles. The molecule has 1 aromatic heterocycles. The van der Waals surface area contributed by atoms with Crippen LogP contribution >= 0.6 is 23.1 Å². The van der Waals surface area contributed by atoms with Crippen molar-refractivity contribution < 1.29 is 14.3 Å². The van der Waals surface area contributed by atoms with Gasteiger partial charge in [-0.05, 0) is 18.2 Å². The van der Waals surface area contributed by atoms with Crippen LogP contribution in [0.4, 0.5) is 5.13 Å². The van der Waals surface area contributed by atoms with Crippen molar-refractivity contribution in [1.82, 2.24) is 4.98 Å². The molecule has 2 aromatic carbocycles. The van der Waals surface area contributed by atoms with E-state index < -0.39 is 6.10 Å². The van der Waals surface area contributed by atoms with Gasteiger partial charge in [-0.15, -0.1) is 23.1 Å². The number of para-hydroxylation sites is 2. The van der Waals surface area contributed by atoms with Crippen LogP contribution in [0.3, 0.4) is 0 Å². The van der Waals surface area contributed by atoms with E-state index in [9.17, 15) is 4.79 Å². The molecule has 0 bridgehead atoms. The second-order valence-electron chi connectivity index (χ2n) is 5.93. The number of carbonyl (C=O) groups is 1. The van der Waals surface area contributed by atoms with E-state index in [1.807, 2.05) is 30.3 Å². The summed E-state index contributed by atoms with van der Waals surface area (Å²) in [5.41, 5.74) is 2.09. The summed E-state index contributed by atoms with van der Waals surface area (Å²) in [6.45, 7) is 0.187. The Kier molecular flexibility index (Phi) is 3.83. The lowest BCUT2D eigenvalue weighted by atomic mass is 10.1. The van der Waals surface area contributed by atoms with Crippen LogP contribution in [0.5, 0.6) is 11.5 Å². The Bertz CT molecular complexity index is 1000. The Balaban J connectivity index is 1.35. The van der Waals surface area contributed by atoms with Gasteiger partial charge in [-0.2, -0.15) is 0 Å². The molecule has 3 heterocycles. The standard InChI is InChI=1S/C19H14N2O3S2/c22-18(14-9-23-12-6-2-3-7-13(12)24-14)21-19-20-17-11-5-1-4-8-15(11)25-10-16(17)26-19/h1-8,14H,9-10H2,(H,20,21,22)/t14-/m1/s1. The molecule has 130 valence electrons. The maximum Gasteiger partial charge on any atom is 0.270 e. The van der Waals surface area contributed by atoms with Crippen LogP contribution < -0.4 is 14.8 Å². The number of amides is 1. The first-order valence-corrected chi connectivity index (χ1v) is 9.99. The van der Waals surface area contributed by atoms with Gasteiger partial charge in [0.15, 0.2) is 16.6 Å². The molecule has 0 aliphatic carbocycles. The highest BCUT2D eigenvalue weighted by atomic mass is 32.2. The Hall–Kier alpha value is -2.51. The van der Waals surface area contributed by atoms with E-state index in [-0.39, 0.29) is 12.5 Å². The molecule has 2 aliphatic heterocycles. The van der Waals surface area contributed by atoms with Gasteiger partial charge in [-0.3, -0.25) is 10.1 Å². The lowest BCUT2D eigenvalue weighted by Crippen LogP contribution is -2.40. The number of thiazole rings is 1. The van der Waals surface area contributed by atoms with Gasteiger partial charge < -0.3 is 9.47 Å². The summed E-state index contributed by atoms with van der Waals surface area (Å²) in [5.74, 6) is 1.88. The Morgan fingerprint density at radius 2 is 1.92 bits per heavy atom. The number of anilines is 1. The molecule has 0 radical (unpaired) electrons. The zero-order valence-corrected chi connectivity index (χ0v) is 15.2. The van der Waals surface area contributed by atoms with E-state index in [1.165, 1.54) is 21.1 Å². The maximum atomic E-state index is 12.6. The number of carbonyl (C=O) groups excluding carboxylic acids is 1. The second kappa shape index (κ2) is 6.34. The third kappa shape index (κ3) is 2.73. The number of fused-ring (bicyclic) bond motifs is 4. The van der Waals surface area contributed by atoms with Gasteiger partial charge in [-0.1, -0.05) is 30.3 Å². The molecule has 1 N–H and O–H groups in total. The largest absolute Gasteiger partial charge is 0.485 e. The second-order valence-corrected chi connectivity index (χ2v) is 8.03. The van der Waals surface area contributed by atoms with Crippen molar-refractivity contribution in [3.05, 3.63) is 53.4 Å². The number of ether oxygens (including phenoxy) is 2. The Morgan fingerprint density at radius 1 is 1.12 bits per heavy atom. The molecule has 0 spiro atoms. The minimum Gasteiger partial charge on any atom is -0.485 e. The fraction of sp³-hybridized carbons (Fsp3) is 0.158. The summed E-state index contributed by atoms with van der Waals surface area (Å²) in [6, 6.07) is 15.6. The number of nitrogens with zero attached hydrogens (tertiary/aromatic N) is 1.